The van der Waals surface area contributed by atoms with E-state index in [0.29, 0.717) is 10.3 Å². The molecule has 22 heavy (non-hydrogen) atoms. The van der Waals surface area contributed by atoms with Crippen molar-refractivity contribution < 1.29 is 0 Å². The molecule has 0 amide bonds. The Balaban J connectivity index is 0.00000242. The lowest BCUT2D eigenvalue weighted by atomic mass is 10.1. The molecule has 0 aromatic heterocycles. The maximum Gasteiger partial charge on any atom is -0.0107 e. The summed E-state index contributed by atoms with van der Waals surface area (Å²) in [6, 6.07) is 19.7. The lowest BCUT2D eigenvalue weighted by Crippen LogP contribution is -2.31. The summed E-state index contributed by atoms with van der Waals surface area (Å²) in [6.07, 6.45) is 0. The third-order valence-corrected chi connectivity index (χ3v) is 7.13. The maximum atomic E-state index is 2.38. The first-order chi connectivity index (χ1) is 9.71. The highest BCUT2D eigenvalue weighted by atomic mass is 35.5. The Morgan fingerprint density at radius 3 is 1.59 bits per heavy atom. The van der Waals surface area contributed by atoms with Gasteiger partial charge in [-0.1, -0.05) is 104 Å². The molecule has 0 aliphatic rings. The van der Waals surface area contributed by atoms with Crippen LogP contribution in [0.3, 0.4) is 0 Å². The van der Waals surface area contributed by atoms with Gasteiger partial charge >= 0.3 is 0 Å². The molecule has 2 heteroatoms. The summed E-state index contributed by atoms with van der Waals surface area (Å²) in [5.74, 6) is 0. The Hall–Kier alpha value is -0.840. The minimum absolute atomic E-state index is 0. The van der Waals surface area contributed by atoms with E-state index in [1.54, 1.807) is 0 Å². The summed E-state index contributed by atoms with van der Waals surface area (Å²) in [7, 11) is -0.282. The molecule has 0 fully saturated rings. The third-order valence-electron chi connectivity index (χ3n) is 3.57. The molecule has 0 N–H and O–H groups in total. The highest BCUT2D eigenvalue weighted by molar-refractivity contribution is 7.68. The second-order valence-electron chi connectivity index (χ2n) is 7.56. The molecule has 0 saturated heterocycles. The molecule has 0 aliphatic heterocycles. The van der Waals surface area contributed by atoms with E-state index >= 15 is 0 Å². The molecule has 0 unspecified atom stereocenters. The molecule has 0 atom stereocenters. The van der Waals surface area contributed by atoms with E-state index in [1.165, 1.54) is 16.4 Å². The lowest BCUT2D eigenvalue weighted by Gasteiger charge is -2.42. The summed E-state index contributed by atoms with van der Waals surface area (Å²) in [4.78, 5) is 0. The van der Waals surface area contributed by atoms with Gasteiger partial charge in [0.25, 0.3) is 0 Å². The summed E-state index contributed by atoms with van der Waals surface area (Å²) >= 11 is 0. The molecule has 0 spiro atoms. The molecular weight excluding hydrogens is 307 g/mol. The van der Waals surface area contributed by atoms with E-state index in [9.17, 15) is 0 Å². The quantitative estimate of drug-likeness (QED) is 0.551. The highest BCUT2D eigenvalue weighted by Gasteiger charge is 2.36. The molecule has 0 heterocycles. The normalized spacial score (nSPS) is 12.1. The zero-order chi connectivity index (χ0) is 15.7. The van der Waals surface area contributed by atoms with Crippen LogP contribution >= 0.6 is 20.3 Å². The summed E-state index contributed by atoms with van der Waals surface area (Å²) < 4.78 is 0. The van der Waals surface area contributed by atoms with Crippen LogP contribution in [0.25, 0.3) is 11.1 Å². The smallest absolute Gasteiger partial charge is 0.0107 e. The first kappa shape index (κ1) is 19.2. The van der Waals surface area contributed by atoms with E-state index in [1.807, 2.05) is 0 Å². The van der Waals surface area contributed by atoms with Gasteiger partial charge < -0.3 is 0 Å². The zero-order valence-electron chi connectivity index (χ0n) is 14.6. The van der Waals surface area contributed by atoms with Crippen LogP contribution in [0.4, 0.5) is 0 Å². The Bertz CT molecular complexity index is 577. The van der Waals surface area contributed by atoms with Crippen molar-refractivity contribution in [1.29, 1.82) is 0 Å². The van der Waals surface area contributed by atoms with Gasteiger partial charge in [-0.2, -0.15) is 0 Å². The van der Waals surface area contributed by atoms with Gasteiger partial charge in [-0.3, -0.25) is 0 Å². The van der Waals surface area contributed by atoms with Gasteiger partial charge in [0.1, 0.15) is 0 Å². The fourth-order valence-electron chi connectivity index (χ4n) is 3.26. The van der Waals surface area contributed by atoms with Crippen LogP contribution in [-0.4, -0.2) is 10.3 Å². The van der Waals surface area contributed by atoms with Crippen LogP contribution < -0.4 is 5.30 Å². The SMILES string of the molecule is CC(C)(C)P(c1ccccc1-c1ccccc1)C(C)(C)C.Cl. The number of hydrogen-bond acceptors (Lipinski definition) is 0. The molecule has 120 valence electrons. The van der Waals surface area contributed by atoms with Crippen molar-refractivity contribution in [3.8, 4) is 11.1 Å². The van der Waals surface area contributed by atoms with Crippen LogP contribution in [0.15, 0.2) is 54.6 Å². The second-order valence-corrected chi connectivity index (χ2v) is 11.4. The van der Waals surface area contributed by atoms with E-state index in [4.69, 9.17) is 0 Å². The molecule has 0 saturated carbocycles. The van der Waals surface area contributed by atoms with E-state index < -0.39 is 0 Å². The molecule has 2 rings (SSSR count). The van der Waals surface area contributed by atoms with Gasteiger partial charge in [0.15, 0.2) is 0 Å². The van der Waals surface area contributed by atoms with Crippen molar-refractivity contribution in [3.63, 3.8) is 0 Å². The molecule has 0 radical (unpaired) electrons. The largest absolute Gasteiger partial charge is 0.147 e. The minimum atomic E-state index is -0.282. The molecular formula is C20H28ClP. The van der Waals surface area contributed by atoms with Crippen molar-refractivity contribution in [2.45, 2.75) is 51.9 Å². The summed E-state index contributed by atoms with van der Waals surface area (Å²) in [6.45, 7) is 14.3. The standard InChI is InChI=1S/C20H27P.ClH/c1-19(2,3)21(20(4,5)6)18-15-11-10-14-17(18)16-12-8-7-9-13-16;/h7-15H,1-6H3;1H. The van der Waals surface area contributed by atoms with E-state index in [0.717, 1.165) is 0 Å². The fourth-order valence-corrected chi connectivity index (χ4v) is 7.40. The first-order valence-electron chi connectivity index (χ1n) is 7.66. The van der Waals surface area contributed by atoms with Gasteiger partial charge in [0, 0.05) is 0 Å². The lowest BCUT2D eigenvalue weighted by molar-refractivity contribution is 0.715. The van der Waals surface area contributed by atoms with Gasteiger partial charge in [-0.05, 0) is 26.7 Å². The van der Waals surface area contributed by atoms with Crippen LogP contribution in [-0.2, 0) is 0 Å². The summed E-state index contributed by atoms with van der Waals surface area (Å²) in [5, 5.41) is 2.11. The third kappa shape index (κ3) is 4.34. The Kier molecular flexibility index (Phi) is 6.25. The van der Waals surface area contributed by atoms with Crippen LogP contribution in [0.5, 0.6) is 0 Å². The van der Waals surface area contributed by atoms with Gasteiger partial charge in [0.2, 0.25) is 0 Å². The van der Waals surface area contributed by atoms with Crippen molar-refractivity contribution in [2.24, 2.45) is 0 Å². The molecule has 0 nitrogen and oxygen atoms in total. The van der Waals surface area contributed by atoms with Gasteiger partial charge in [-0.25, -0.2) is 0 Å². The van der Waals surface area contributed by atoms with E-state index in [2.05, 4.69) is 96.1 Å². The minimum Gasteiger partial charge on any atom is -0.147 e. The van der Waals surface area contributed by atoms with Crippen molar-refractivity contribution in [1.82, 2.24) is 0 Å². The number of hydrogen-bond donors (Lipinski definition) is 0. The van der Waals surface area contributed by atoms with Crippen molar-refractivity contribution >= 4 is 25.6 Å². The highest BCUT2D eigenvalue weighted by Crippen LogP contribution is 2.59. The predicted octanol–water partition coefficient (Wildman–Crippen LogP) is 6.48. The van der Waals surface area contributed by atoms with Crippen molar-refractivity contribution in [3.05, 3.63) is 54.6 Å². The summed E-state index contributed by atoms with van der Waals surface area (Å²) in [5.41, 5.74) is 2.73. The number of rotatable bonds is 2. The molecule has 0 bridgehead atoms. The Morgan fingerprint density at radius 2 is 1.09 bits per heavy atom. The predicted molar refractivity (Wildman–Crippen MR) is 105 cm³/mol. The second kappa shape index (κ2) is 7.16. The topological polar surface area (TPSA) is 0 Å². The molecule has 2 aromatic carbocycles. The fraction of sp³-hybridized carbons (Fsp3) is 0.400. The van der Waals surface area contributed by atoms with Crippen LogP contribution in [0, 0.1) is 0 Å². The maximum absolute atomic E-state index is 2.38. The molecule has 0 aliphatic carbocycles. The Labute approximate surface area is 143 Å². The van der Waals surface area contributed by atoms with Gasteiger partial charge in [0.05, 0.1) is 0 Å². The average Bonchev–Trinajstić information content (AvgIpc) is 2.37. The Morgan fingerprint density at radius 1 is 0.636 bits per heavy atom. The van der Waals surface area contributed by atoms with Crippen molar-refractivity contribution in [2.75, 3.05) is 0 Å². The van der Waals surface area contributed by atoms with E-state index in [-0.39, 0.29) is 20.3 Å². The van der Waals surface area contributed by atoms with Crippen LogP contribution in [0.1, 0.15) is 41.5 Å². The molecule has 2 aromatic rings. The number of benzene rings is 2. The zero-order valence-corrected chi connectivity index (χ0v) is 16.3. The van der Waals surface area contributed by atoms with Crippen LogP contribution in [0.2, 0.25) is 0 Å². The monoisotopic (exact) mass is 334 g/mol. The average molecular weight is 335 g/mol. The number of halogens is 1. The van der Waals surface area contributed by atoms with Gasteiger partial charge in [-0.15, -0.1) is 12.4 Å². The first-order valence-corrected chi connectivity index (χ1v) is 9.00.